The number of hydrogen-bond acceptors (Lipinski definition) is 3. The second-order valence-electron chi connectivity index (χ2n) is 5.97. The number of anilines is 1. The minimum absolute atomic E-state index is 0.754. The van der Waals surface area contributed by atoms with Crippen molar-refractivity contribution >= 4 is 11.4 Å². The van der Waals surface area contributed by atoms with Crippen LogP contribution in [0.2, 0.25) is 0 Å². The van der Waals surface area contributed by atoms with E-state index in [1.807, 2.05) is 62.5 Å². The molecule has 0 unspecified atom stereocenters. The minimum Gasteiger partial charge on any atom is -0.399 e. The molecular weight excluding hydrogens is 375 g/mol. The third-order valence-electron chi connectivity index (χ3n) is 3.39. The molecule has 6 heteroatoms. The predicted molar refractivity (Wildman–Crippen MR) is 117 cm³/mol. The largest absolute Gasteiger partial charge is 0.400 e. The summed E-state index contributed by atoms with van der Waals surface area (Å²) in [5.41, 5.74) is 14.9. The fourth-order valence-electron chi connectivity index (χ4n) is 2.19. The van der Waals surface area contributed by atoms with Gasteiger partial charge in [0.25, 0.3) is 0 Å². The summed E-state index contributed by atoms with van der Waals surface area (Å²) >= 11 is 0. The van der Waals surface area contributed by atoms with Crippen molar-refractivity contribution < 1.29 is 13.2 Å². The van der Waals surface area contributed by atoms with E-state index >= 15 is 0 Å². The van der Waals surface area contributed by atoms with E-state index in [1.54, 1.807) is 0 Å². The Labute approximate surface area is 172 Å². The van der Waals surface area contributed by atoms with Crippen molar-refractivity contribution in [1.82, 2.24) is 4.90 Å². The van der Waals surface area contributed by atoms with Crippen LogP contribution in [0.3, 0.4) is 0 Å². The maximum Gasteiger partial charge on any atom is 0.400 e. The number of nitrogens with two attached hydrogens (primary N) is 2. The highest BCUT2D eigenvalue weighted by atomic mass is 19.4. The van der Waals surface area contributed by atoms with Crippen LogP contribution >= 0.6 is 0 Å². The molecule has 0 aromatic heterocycles. The molecular formula is C23H30F3N3. The van der Waals surface area contributed by atoms with E-state index in [1.165, 1.54) is 6.42 Å². The number of terminal acetylenes is 1. The lowest BCUT2D eigenvalue weighted by Crippen LogP contribution is -2.21. The number of halogens is 3. The van der Waals surface area contributed by atoms with Crippen LogP contribution in [0, 0.1) is 12.3 Å². The predicted octanol–water partition coefficient (Wildman–Crippen LogP) is 5.85. The van der Waals surface area contributed by atoms with Gasteiger partial charge in [-0.05, 0) is 38.1 Å². The van der Waals surface area contributed by atoms with Crippen LogP contribution in [0.4, 0.5) is 18.9 Å². The molecule has 0 amide bonds. The van der Waals surface area contributed by atoms with Crippen molar-refractivity contribution in [3.8, 4) is 12.3 Å². The molecule has 158 valence electrons. The van der Waals surface area contributed by atoms with Gasteiger partial charge in [0.15, 0.2) is 0 Å². The summed E-state index contributed by atoms with van der Waals surface area (Å²) in [5, 5.41) is 0. The summed E-state index contributed by atoms with van der Waals surface area (Å²) in [6.45, 7) is 7.03. The van der Waals surface area contributed by atoms with Crippen LogP contribution in [-0.4, -0.2) is 17.6 Å². The van der Waals surface area contributed by atoms with Crippen molar-refractivity contribution in [2.24, 2.45) is 5.73 Å². The average Bonchev–Trinajstić information content (AvgIpc) is 2.69. The Bertz CT molecular complexity index is 794. The van der Waals surface area contributed by atoms with E-state index < -0.39 is 12.7 Å². The number of nitrogen functional groups attached to an aromatic ring is 1. The molecule has 1 aliphatic heterocycles. The standard InChI is InChI=1S/C18H18N2.C3H8.C2H4F3N/c1-4-14-10-11-20(17(5-2)12-14)18(6-3)15-8-7-9-16(19)13-15;1-3-2;3-2(4,5)1-6/h1,5-13H,19H2,2-3H3;3H2,1-2H3;1,6H2/b17-5+,18-6-;;. The highest BCUT2D eigenvalue weighted by molar-refractivity contribution is 5.70. The van der Waals surface area contributed by atoms with Gasteiger partial charge in [0.05, 0.1) is 6.54 Å². The van der Waals surface area contributed by atoms with Crippen molar-refractivity contribution in [3.63, 3.8) is 0 Å². The van der Waals surface area contributed by atoms with E-state index in [4.69, 9.17) is 12.2 Å². The molecule has 1 heterocycles. The van der Waals surface area contributed by atoms with Gasteiger partial charge in [-0.25, -0.2) is 0 Å². The number of allylic oxidation sites excluding steroid dienone is 5. The third kappa shape index (κ3) is 9.72. The smallest absolute Gasteiger partial charge is 0.399 e. The Kier molecular flexibility index (Phi) is 12.0. The number of rotatable bonds is 2. The monoisotopic (exact) mass is 405 g/mol. The first-order chi connectivity index (χ1) is 13.7. The second-order valence-corrected chi connectivity index (χ2v) is 5.97. The van der Waals surface area contributed by atoms with Crippen molar-refractivity contribution in [2.75, 3.05) is 12.3 Å². The molecule has 1 aromatic rings. The molecule has 0 bridgehead atoms. The summed E-state index contributed by atoms with van der Waals surface area (Å²) in [7, 11) is 0. The van der Waals surface area contributed by atoms with Crippen LogP contribution in [0.1, 0.15) is 39.7 Å². The van der Waals surface area contributed by atoms with Gasteiger partial charge in [0.2, 0.25) is 0 Å². The average molecular weight is 406 g/mol. The number of nitrogens with zero attached hydrogens (tertiary/aromatic N) is 1. The molecule has 0 radical (unpaired) electrons. The van der Waals surface area contributed by atoms with Gasteiger partial charge in [0.1, 0.15) is 0 Å². The zero-order valence-corrected chi connectivity index (χ0v) is 17.4. The van der Waals surface area contributed by atoms with E-state index in [-0.39, 0.29) is 0 Å². The fraction of sp³-hybridized carbons (Fsp3) is 0.304. The van der Waals surface area contributed by atoms with Crippen LogP contribution in [0.25, 0.3) is 5.70 Å². The SMILES string of the molecule is C#CC1=C/C(=C\C)N(/C(=C\C)c2cccc(N)c2)C=C1.CCC.NCC(F)(F)F. The first kappa shape index (κ1) is 26.1. The first-order valence-corrected chi connectivity index (χ1v) is 9.28. The van der Waals surface area contributed by atoms with Crippen LogP contribution in [0.15, 0.2) is 66.0 Å². The van der Waals surface area contributed by atoms with E-state index in [9.17, 15) is 13.2 Å². The third-order valence-corrected chi connectivity index (χ3v) is 3.39. The molecule has 0 aliphatic carbocycles. The zero-order valence-electron chi connectivity index (χ0n) is 17.4. The Balaban J connectivity index is 0.000000736. The molecule has 4 N–H and O–H groups in total. The van der Waals surface area contributed by atoms with Gasteiger partial charge in [-0.3, -0.25) is 0 Å². The highest BCUT2D eigenvalue weighted by Gasteiger charge is 2.23. The molecule has 0 fully saturated rings. The minimum atomic E-state index is -4.18. The molecule has 0 spiro atoms. The van der Waals surface area contributed by atoms with Gasteiger partial charge in [-0.1, -0.05) is 50.5 Å². The highest BCUT2D eigenvalue weighted by Crippen LogP contribution is 2.29. The van der Waals surface area contributed by atoms with Crippen LogP contribution in [0.5, 0.6) is 0 Å². The second kappa shape index (κ2) is 13.3. The van der Waals surface area contributed by atoms with E-state index in [2.05, 4.69) is 36.5 Å². The molecule has 29 heavy (non-hydrogen) atoms. The molecule has 0 saturated carbocycles. The molecule has 3 nitrogen and oxygen atoms in total. The molecule has 0 saturated heterocycles. The summed E-state index contributed by atoms with van der Waals surface area (Å²) < 4.78 is 32.0. The summed E-state index contributed by atoms with van der Waals surface area (Å²) in [6, 6.07) is 7.86. The molecule has 2 rings (SSSR count). The van der Waals surface area contributed by atoms with E-state index in [0.717, 1.165) is 28.2 Å². The number of benzene rings is 1. The Hall–Kier alpha value is -2.91. The van der Waals surface area contributed by atoms with Crippen molar-refractivity contribution in [1.29, 1.82) is 0 Å². The van der Waals surface area contributed by atoms with Gasteiger partial charge < -0.3 is 16.4 Å². The van der Waals surface area contributed by atoms with Gasteiger partial charge in [0, 0.05) is 34.4 Å². The summed E-state index contributed by atoms with van der Waals surface area (Å²) in [4.78, 5) is 2.11. The molecule has 1 aromatic carbocycles. The zero-order chi connectivity index (χ0) is 22.4. The van der Waals surface area contributed by atoms with Gasteiger partial charge in [-0.15, -0.1) is 6.42 Å². The molecule has 1 aliphatic rings. The summed E-state index contributed by atoms with van der Waals surface area (Å²) in [6.07, 6.45) is 12.6. The van der Waals surface area contributed by atoms with E-state index in [0.29, 0.717) is 0 Å². The van der Waals surface area contributed by atoms with Crippen molar-refractivity contribution in [3.05, 3.63) is 71.6 Å². The Morgan fingerprint density at radius 1 is 1.24 bits per heavy atom. The van der Waals surface area contributed by atoms with Crippen LogP contribution in [-0.2, 0) is 0 Å². The van der Waals surface area contributed by atoms with Gasteiger partial charge >= 0.3 is 6.18 Å². The number of alkyl halides is 3. The molecule has 0 atom stereocenters. The lowest BCUT2D eigenvalue weighted by molar-refractivity contribution is -0.118. The van der Waals surface area contributed by atoms with Gasteiger partial charge in [-0.2, -0.15) is 13.2 Å². The quantitative estimate of drug-likeness (QED) is 0.480. The fourth-order valence-corrected chi connectivity index (χ4v) is 2.19. The Morgan fingerprint density at radius 3 is 2.24 bits per heavy atom. The lowest BCUT2D eigenvalue weighted by Gasteiger charge is -2.27. The maximum absolute atomic E-state index is 10.7. The Morgan fingerprint density at radius 2 is 1.83 bits per heavy atom. The van der Waals surface area contributed by atoms with Crippen molar-refractivity contribution in [2.45, 2.75) is 40.3 Å². The number of hydrogen-bond donors (Lipinski definition) is 2. The summed E-state index contributed by atoms with van der Waals surface area (Å²) in [5.74, 6) is 2.66. The lowest BCUT2D eigenvalue weighted by atomic mass is 10.1. The van der Waals surface area contributed by atoms with Crippen LogP contribution < -0.4 is 11.5 Å². The normalized spacial score (nSPS) is 14.9. The maximum atomic E-state index is 10.7. The topological polar surface area (TPSA) is 55.3 Å². The first-order valence-electron chi connectivity index (χ1n) is 9.28.